The second-order valence-electron chi connectivity index (χ2n) is 3.70. The van der Waals surface area contributed by atoms with E-state index in [-0.39, 0.29) is 0 Å². The SMILES string of the molecule is CCN(CC)c1ncc(CCN)cc1C. The minimum absolute atomic E-state index is 0.686. The van der Waals surface area contributed by atoms with Crippen LogP contribution < -0.4 is 10.6 Å². The second-order valence-corrected chi connectivity index (χ2v) is 3.70. The van der Waals surface area contributed by atoms with Crippen molar-refractivity contribution >= 4 is 5.82 Å². The van der Waals surface area contributed by atoms with Gasteiger partial charge in [0.2, 0.25) is 0 Å². The molecule has 0 spiro atoms. The molecule has 1 heterocycles. The number of anilines is 1. The summed E-state index contributed by atoms with van der Waals surface area (Å²) in [6, 6.07) is 2.19. The van der Waals surface area contributed by atoms with Crippen LogP contribution in [0.15, 0.2) is 12.3 Å². The van der Waals surface area contributed by atoms with Gasteiger partial charge in [-0.25, -0.2) is 4.98 Å². The maximum atomic E-state index is 5.52. The molecule has 0 aromatic carbocycles. The van der Waals surface area contributed by atoms with Crippen LogP contribution in [0.4, 0.5) is 5.82 Å². The fraction of sp³-hybridized carbons (Fsp3) is 0.583. The normalized spacial score (nSPS) is 10.4. The highest BCUT2D eigenvalue weighted by Gasteiger charge is 2.07. The largest absolute Gasteiger partial charge is 0.357 e. The summed E-state index contributed by atoms with van der Waals surface area (Å²) in [6.45, 7) is 9.10. The Bertz CT molecular complexity index is 306. The van der Waals surface area contributed by atoms with Gasteiger partial charge in [0.15, 0.2) is 0 Å². The number of pyridine rings is 1. The molecule has 0 aliphatic rings. The van der Waals surface area contributed by atoms with E-state index in [0.717, 1.165) is 25.3 Å². The van der Waals surface area contributed by atoms with Crippen LogP contribution in [0.2, 0.25) is 0 Å². The molecule has 1 aromatic heterocycles. The van der Waals surface area contributed by atoms with Crippen LogP contribution in [0.5, 0.6) is 0 Å². The Labute approximate surface area is 92.3 Å². The lowest BCUT2D eigenvalue weighted by Crippen LogP contribution is -2.24. The van der Waals surface area contributed by atoms with Crippen molar-refractivity contribution in [2.75, 3.05) is 24.5 Å². The van der Waals surface area contributed by atoms with Crippen LogP contribution in [0.3, 0.4) is 0 Å². The van der Waals surface area contributed by atoms with Gasteiger partial charge in [-0.15, -0.1) is 0 Å². The molecule has 1 aromatic rings. The molecule has 3 nitrogen and oxygen atoms in total. The Morgan fingerprint density at radius 1 is 1.33 bits per heavy atom. The van der Waals surface area contributed by atoms with Gasteiger partial charge in [0.25, 0.3) is 0 Å². The lowest BCUT2D eigenvalue weighted by Gasteiger charge is -2.22. The number of nitrogens with zero attached hydrogens (tertiary/aromatic N) is 2. The van der Waals surface area contributed by atoms with E-state index in [2.05, 4.69) is 36.7 Å². The smallest absolute Gasteiger partial charge is 0.131 e. The summed E-state index contributed by atoms with van der Waals surface area (Å²) in [4.78, 5) is 6.77. The monoisotopic (exact) mass is 207 g/mol. The van der Waals surface area contributed by atoms with Crippen molar-refractivity contribution in [2.24, 2.45) is 5.73 Å². The average Bonchev–Trinajstić information content (AvgIpc) is 2.23. The number of aromatic nitrogens is 1. The van der Waals surface area contributed by atoms with Gasteiger partial charge in [0.1, 0.15) is 5.82 Å². The predicted molar refractivity (Wildman–Crippen MR) is 65.3 cm³/mol. The third-order valence-electron chi connectivity index (χ3n) is 2.60. The fourth-order valence-electron chi connectivity index (χ4n) is 1.78. The van der Waals surface area contributed by atoms with Gasteiger partial charge in [-0.3, -0.25) is 0 Å². The van der Waals surface area contributed by atoms with E-state index in [0.29, 0.717) is 6.54 Å². The van der Waals surface area contributed by atoms with E-state index in [1.54, 1.807) is 0 Å². The van der Waals surface area contributed by atoms with Gasteiger partial charge >= 0.3 is 0 Å². The highest BCUT2D eigenvalue weighted by Crippen LogP contribution is 2.17. The number of hydrogen-bond acceptors (Lipinski definition) is 3. The van der Waals surface area contributed by atoms with Crippen LogP contribution in [0, 0.1) is 6.92 Å². The van der Waals surface area contributed by atoms with Crippen molar-refractivity contribution in [1.82, 2.24) is 4.98 Å². The van der Waals surface area contributed by atoms with Crippen LogP contribution >= 0.6 is 0 Å². The first kappa shape index (κ1) is 12.0. The molecule has 0 atom stereocenters. The molecule has 0 aliphatic carbocycles. The summed E-state index contributed by atoms with van der Waals surface area (Å²) in [5, 5.41) is 0. The third kappa shape index (κ3) is 2.93. The Kier molecular flexibility index (Phi) is 4.56. The Hall–Kier alpha value is -1.09. The van der Waals surface area contributed by atoms with E-state index >= 15 is 0 Å². The molecule has 0 saturated carbocycles. The summed E-state index contributed by atoms with van der Waals surface area (Å²) >= 11 is 0. The Balaban J connectivity index is 2.91. The molecular weight excluding hydrogens is 186 g/mol. The minimum Gasteiger partial charge on any atom is -0.357 e. The van der Waals surface area contributed by atoms with Crippen molar-refractivity contribution in [3.05, 3.63) is 23.4 Å². The first-order valence-electron chi connectivity index (χ1n) is 5.63. The van der Waals surface area contributed by atoms with Gasteiger partial charge in [-0.05, 0) is 44.9 Å². The van der Waals surface area contributed by atoms with Gasteiger partial charge < -0.3 is 10.6 Å². The summed E-state index contributed by atoms with van der Waals surface area (Å²) in [5.41, 5.74) is 7.99. The molecular formula is C12H21N3. The van der Waals surface area contributed by atoms with E-state index in [1.807, 2.05) is 6.20 Å². The van der Waals surface area contributed by atoms with Crippen molar-refractivity contribution < 1.29 is 0 Å². The lowest BCUT2D eigenvalue weighted by molar-refractivity contribution is 0.836. The third-order valence-corrected chi connectivity index (χ3v) is 2.60. The van der Waals surface area contributed by atoms with Crippen molar-refractivity contribution in [2.45, 2.75) is 27.2 Å². The Morgan fingerprint density at radius 2 is 2.00 bits per heavy atom. The summed E-state index contributed by atoms with van der Waals surface area (Å²) in [6.07, 6.45) is 2.85. The molecule has 1 rings (SSSR count). The molecule has 0 amide bonds. The first-order valence-corrected chi connectivity index (χ1v) is 5.63. The summed E-state index contributed by atoms with van der Waals surface area (Å²) in [5.74, 6) is 1.10. The van der Waals surface area contributed by atoms with Crippen molar-refractivity contribution in [3.63, 3.8) is 0 Å². The lowest BCUT2D eigenvalue weighted by atomic mass is 10.1. The van der Waals surface area contributed by atoms with Crippen LogP contribution in [0.25, 0.3) is 0 Å². The summed E-state index contributed by atoms with van der Waals surface area (Å²) in [7, 11) is 0. The summed E-state index contributed by atoms with van der Waals surface area (Å²) < 4.78 is 0. The molecule has 0 radical (unpaired) electrons. The van der Waals surface area contributed by atoms with E-state index in [4.69, 9.17) is 5.73 Å². The zero-order valence-corrected chi connectivity index (χ0v) is 9.95. The van der Waals surface area contributed by atoms with E-state index < -0.39 is 0 Å². The topological polar surface area (TPSA) is 42.2 Å². The quantitative estimate of drug-likeness (QED) is 0.799. The maximum absolute atomic E-state index is 5.52. The molecule has 0 aliphatic heterocycles. The maximum Gasteiger partial charge on any atom is 0.131 e. The number of nitrogens with two attached hydrogens (primary N) is 1. The van der Waals surface area contributed by atoms with Crippen LogP contribution in [0.1, 0.15) is 25.0 Å². The molecule has 0 bridgehead atoms. The standard InChI is InChI=1S/C12H21N3/c1-4-15(5-2)12-10(3)8-11(6-7-13)9-14-12/h8-9H,4-7,13H2,1-3H3. The zero-order valence-electron chi connectivity index (χ0n) is 9.95. The molecule has 0 unspecified atom stereocenters. The molecule has 15 heavy (non-hydrogen) atoms. The fourth-order valence-corrected chi connectivity index (χ4v) is 1.78. The van der Waals surface area contributed by atoms with Gasteiger partial charge in [0, 0.05) is 19.3 Å². The molecule has 2 N–H and O–H groups in total. The van der Waals surface area contributed by atoms with Gasteiger partial charge in [-0.2, -0.15) is 0 Å². The molecule has 3 heteroatoms. The van der Waals surface area contributed by atoms with Gasteiger partial charge in [0.05, 0.1) is 0 Å². The number of hydrogen-bond donors (Lipinski definition) is 1. The predicted octanol–water partition coefficient (Wildman–Crippen LogP) is 1.74. The number of rotatable bonds is 5. The minimum atomic E-state index is 0.686. The van der Waals surface area contributed by atoms with E-state index in [9.17, 15) is 0 Å². The van der Waals surface area contributed by atoms with Crippen LogP contribution in [-0.2, 0) is 6.42 Å². The number of aryl methyl sites for hydroxylation is 1. The molecule has 0 saturated heterocycles. The first-order chi connectivity index (χ1) is 7.22. The van der Waals surface area contributed by atoms with Crippen LogP contribution in [-0.4, -0.2) is 24.6 Å². The Morgan fingerprint density at radius 3 is 2.47 bits per heavy atom. The zero-order chi connectivity index (χ0) is 11.3. The second kappa shape index (κ2) is 5.71. The highest BCUT2D eigenvalue weighted by molar-refractivity contribution is 5.47. The molecule has 0 fully saturated rings. The van der Waals surface area contributed by atoms with Crippen molar-refractivity contribution in [3.8, 4) is 0 Å². The highest BCUT2D eigenvalue weighted by atomic mass is 15.2. The van der Waals surface area contributed by atoms with Crippen molar-refractivity contribution in [1.29, 1.82) is 0 Å². The van der Waals surface area contributed by atoms with Gasteiger partial charge in [-0.1, -0.05) is 6.07 Å². The van der Waals surface area contributed by atoms with E-state index in [1.165, 1.54) is 11.1 Å². The average molecular weight is 207 g/mol. The molecule has 84 valence electrons.